The summed E-state index contributed by atoms with van der Waals surface area (Å²) < 4.78 is 0. The minimum absolute atomic E-state index is 0.237. The van der Waals surface area contributed by atoms with E-state index in [0.717, 1.165) is 18.5 Å². The summed E-state index contributed by atoms with van der Waals surface area (Å²) in [7, 11) is 0. The molecule has 3 heteroatoms. The van der Waals surface area contributed by atoms with E-state index in [1.165, 1.54) is 9.88 Å². The van der Waals surface area contributed by atoms with Gasteiger partial charge in [0.25, 0.3) is 0 Å². The molecule has 1 aromatic heterocycles. The Balaban J connectivity index is 2.85. The molecule has 0 fully saturated rings. The molecule has 15 heavy (non-hydrogen) atoms. The number of hydrogen-bond donors (Lipinski definition) is 1. The SMILES string of the molecule is CCC(CO)c1sc(CC(C)C)nc1C. The van der Waals surface area contributed by atoms with E-state index < -0.39 is 0 Å². The molecule has 0 aromatic carbocycles. The first kappa shape index (κ1) is 12.7. The van der Waals surface area contributed by atoms with Crippen molar-refractivity contribution in [2.24, 2.45) is 5.92 Å². The van der Waals surface area contributed by atoms with Crippen molar-refractivity contribution in [1.29, 1.82) is 0 Å². The molecule has 86 valence electrons. The van der Waals surface area contributed by atoms with Gasteiger partial charge in [0.2, 0.25) is 0 Å². The van der Waals surface area contributed by atoms with Crippen molar-refractivity contribution in [2.75, 3.05) is 6.61 Å². The number of hydrogen-bond acceptors (Lipinski definition) is 3. The molecule has 0 aliphatic carbocycles. The molecule has 1 N–H and O–H groups in total. The van der Waals surface area contributed by atoms with E-state index in [-0.39, 0.29) is 12.5 Å². The van der Waals surface area contributed by atoms with E-state index >= 15 is 0 Å². The lowest BCUT2D eigenvalue weighted by Gasteiger charge is -2.08. The van der Waals surface area contributed by atoms with Gasteiger partial charge in [-0.05, 0) is 19.3 Å². The fraction of sp³-hybridized carbons (Fsp3) is 0.750. The standard InChI is InChI=1S/C12H21NOS/c1-5-10(7-14)12-9(4)13-11(15-12)6-8(2)3/h8,10,14H,5-7H2,1-4H3. The van der Waals surface area contributed by atoms with Gasteiger partial charge in [-0.3, -0.25) is 0 Å². The van der Waals surface area contributed by atoms with E-state index in [9.17, 15) is 5.11 Å². The molecular formula is C12H21NOS. The second kappa shape index (κ2) is 5.61. The smallest absolute Gasteiger partial charge is 0.0933 e. The van der Waals surface area contributed by atoms with E-state index in [2.05, 4.69) is 25.8 Å². The second-order valence-corrected chi connectivity index (χ2v) is 5.56. The zero-order chi connectivity index (χ0) is 11.4. The lowest BCUT2D eigenvalue weighted by atomic mass is 10.1. The first-order valence-corrected chi connectivity index (χ1v) is 6.47. The van der Waals surface area contributed by atoms with Crippen molar-refractivity contribution < 1.29 is 5.11 Å². The van der Waals surface area contributed by atoms with Crippen molar-refractivity contribution in [3.63, 3.8) is 0 Å². The highest BCUT2D eigenvalue weighted by Crippen LogP contribution is 2.29. The molecular weight excluding hydrogens is 206 g/mol. The predicted molar refractivity (Wildman–Crippen MR) is 65.5 cm³/mol. The number of aliphatic hydroxyl groups is 1. The number of aromatic nitrogens is 1. The van der Waals surface area contributed by atoms with Crippen LogP contribution in [0.1, 0.15) is 48.7 Å². The molecule has 0 amide bonds. The van der Waals surface area contributed by atoms with Crippen LogP contribution < -0.4 is 0 Å². The summed E-state index contributed by atoms with van der Waals surface area (Å²) in [5.74, 6) is 0.931. The molecule has 0 aliphatic rings. The van der Waals surface area contributed by atoms with Crippen LogP contribution in [0.2, 0.25) is 0 Å². The van der Waals surface area contributed by atoms with Gasteiger partial charge in [0.1, 0.15) is 0 Å². The summed E-state index contributed by atoms with van der Waals surface area (Å²) >= 11 is 1.77. The lowest BCUT2D eigenvalue weighted by Crippen LogP contribution is -2.01. The maximum atomic E-state index is 9.27. The summed E-state index contributed by atoms with van der Waals surface area (Å²) in [6.07, 6.45) is 2.04. The summed E-state index contributed by atoms with van der Waals surface area (Å²) in [6, 6.07) is 0. The average Bonchev–Trinajstić information content (AvgIpc) is 2.48. The van der Waals surface area contributed by atoms with Crippen LogP contribution in [0, 0.1) is 12.8 Å². The van der Waals surface area contributed by atoms with Crippen molar-refractivity contribution in [1.82, 2.24) is 4.98 Å². The molecule has 1 atom stereocenters. The molecule has 1 rings (SSSR count). The van der Waals surface area contributed by atoms with Gasteiger partial charge >= 0.3 is 0 Å². The number of thiazole rings is 1. The first-order chi connectivity index (χ1) is 7.08. The van der Waals surface area contributed by atoms with Crippen LogP contribution in [0.4, 0.5) is 0 Å². The molecule has 2 nitrogen and oxygen atoms in total. The van der Waals surface area contributed by atoms with E-state index in [1.807, 2.05) is 6.92 Å². The Morgan fingerprint density at radius 1 is 1.40 bits per heavy atom. The van der Waals surface area contributed by atoms with Gasteiger partial charge in [0, 0.05) is 17.2 Å². The number of aryl methyl sites for hydroxylation is 1. The number of nitrogens with zero attached hydrogens (tertiary/aromatic N) is 1. The summed E-state index contributed by atoms with van der Waals surface area (Å²) in [6.45, 7) is 8.82. The van der Waals surface area contributed by atoms with Crippen LogP contribution in [-0.4, -0.2) is 16.7 Å². The summed E-state index contributed by atoms with van der Waals surface area (Å²) in [5.41, 5.74) is 1.11. The van der Waals surface area contributed by atoms with Crippen LogP contribution in [0.25, 0.3) is 0 Å². The predicted octanol–water partition coefficient (Wildman–Crippen LogP) is 3.14. The van der Waals surface area contributed by atoms with Gasteiger partial charge in [-0.25, -0.2) is 4.98 Å². The van der Waals surface area contributed by atoms with Crippen molar-refractivity contribution >= 4 is 11.3 Å². The monoisotopic (exact) mass is 227 g/mol. The molecule has 0 radical (unpaired) electrons. The van der Waals surface area contributed by atoms with E-state index in [1.54, 1.807) is 11.3 Å². The van der Waals surface area contributed by atoms with Crippen molar-refractivity contribution in [2.45, 2.75) is 46.5 Å². The third-order valence-corrected chi connectivity index (χ3v) is 3.89. The highest BCUT2D eigenvalue weighted by molar-refractivity contribution is 7.11. The van der Waals surface area contributed by atoms with Gasteiger partial charge in [0.05, 0.1) is 17.3 Å². The maximum absolute atomic E-state index is 9.27. The van der Waals surface area contributed by atoms with Gasteiger partial charge in [-0.2, -0.15) is 0 Å². The molecule has 0 aliphatic heterocycles. The Morgan fingerprint density at radius 2 is 2.07 bits per heavy atom. The van der Waals surface area contributed by atoms with Gasteiger partial charge in [0.15, 0.2) is 0 Å². The average molecular weight is 227 g/mol. The minimum Gasteiger partial charge on any atom is -0.396 e. The van der Waals surface area contributed by atoms with Crippen molar-refractivity contribution in [3.05, 3.63) is 15.6 Å². The lowest BCUT2D eigenvalue weighted by molar-refractivity contribution is 0.263. The van der Waals surface area contributed by atoms with Crippen LogP contribution in [0.5, 0.6) is 0 Å². The van der Waals surface area contributed by atoms with Crippen LogP contribution in [-0.2, 0) is 6.42 Å². The molecule has 0 saturated carbocycles. The third-order valence-electron chi connectivity index (χ3n) is 2.54. The fourth-order valence-corrected chi connectivity index (χ4v) is 3.13. The summed E-state index contributed by atoms with van der Waals surface area (Å²) in [4.78, 5) is 5.85. The van der Waals surface area contributed by atoms with Crippen LogP contribution in [0.3, 0.4) is 0 Å². The zero-order valence-corrected chi connectivity index (χ0v) is 10.9. The second-order valence-electron chi connectivity index (χ2n) is 4.44. The fourth-order valence-electron chi connectivity index (χ4n) is 1.68. The van der Waals surface area contributed by atoms with Crippen LogP contribution >= 0.6 is 11.3 Å². The normalized spacial score (nSPS) is 13.5. The Morgan fingerprint density at radius 3 is 2.53 bits per heavy atom. The third kappa shape index (κ3) is 3.28. The van der Waals surface area contributed by atoms with Gasteiger partial charge in [-0.1, -0.05) is 20.8 Å². The Labute approximate surface area is 96.4 Å². The molecule has 1 heterocycles. The minimum atomic E-state index is 0.237. The zero-order valence-electron chi connectivity index (χ0n) is 10.1. The highest BCUT2D eigenvalue weighted by atomic mass is 32.1. The Hall–Kier alpha value is -0.410. The Kier molecular flexibility index (Phi) is 4.74. The van der Waals surface area contributed by atoms with E-state index in [4.69, 9.17) is 0 Å². The van der Waals surface area contributed by atoms with Gasteiger partial charge < -0.3 is 5.11 Å². The summed E-state index contributed by atoms with van der Waals surface area (Å²) in [5, 5.41) is 10.5. The number of rotatable bonds is 5. The number of aliphatic hydroxyl groups excluding tert-OH is 1. The van der Waals surface area contributed by atoms with E-state index in [0.29, 0.717) is 5.92 Å². The topological polar surface area (TPSA) is 33.1 Å². The quantitative estimate of drug-likeness (QED) is 0.838. The van der Waals surface area contributed by atoms with Gasteiger partial charge in [-0.15, -0.1) is 11.3 Å². The maximum Gasteiger partial charge on any atom is 0.0933 e. The molecule has 0 saturated heterocycles. The van der Waals surface area contributed by atoms with Crippen molar-refractivity contribution in [3.8, 4) is 0 Å². The molecule has 1 unspecified atom stereocenters. The molecule has 0 spiro atoms. The highest BCUT2D eigenvalue weighted by Gasteiger charge is 2.16. The first-order valence-electron chi connectivity index (χ1n) is 5.65. The Bertz CT molecular complexity index is 303. The molecule has 0 bridgehead atoms. The van der Waals surface area contributed by atoms with Crippen LogP contribution in [0.15, 0.2) is 0 Å². The largest absolute Gasteiger partial charge is 0.396 e. The molecule has 1 aromatic rings.